The number of rotatable bonds is 3. The van der Waals surface area contributed by atoms with E-state index in [1.165, 1.54) is 0 Å². The SMILES string of the molecule is N[C@@H]1CCN(Cc2cccc3c2C(=O)N(C2CCC(=O)NC2=O)C3=O)C1. The van der Waals surface area contributed by atoms with Crippen molar-refractivity contribution >= 4 is 23.6 Å². The minimum atomic E-state index is -0.937. The van der Waals surface area contributed by atoms with Crippen LogP contribution in [-0.4, -0.2) is 58.6 Å². The summed E-state index contributed by atoms with van der Waals surface area (Å²) in [5.41, 5.74) is 7.40. The molecule has 2 saturated heterocycles. The largest absolute Gasteiger partial charge is 0.326 e. The lowest BCUT2D eigenvalue weighted by Gasteiger charge is -2.28. The number of nitrogens with one attached hydrogen (secondary N) is 1. The van der Waals surface area contributed by atoms with Crippen molar-refractivity contribution in [2.45, 2.75) is 37.9 Å². The number of piperidine rings is 1. The van der Waals surface area contributed by atoms with Crippen LogP contribution in [-0.2, 0) is 16.1 Å². The van der Waals surface area contributed by atoms with Crippen molar-refractivity contribution in [3.05, 3.63) is 34.9 Å². The van der Waals surface area contributed by atoms with Crippen LogP contribution >= 0.6 is 0 Å². The van der Waals surface area contributed by atoms with E-state index in [0.29, 0.717) is 17.7 Å². The van der Waals surface area contributed by atoms with Crippen molar-refractivity contribution in [3.8, 4) is 0 Å². The van der Waals surface area contributed by atoms with Crippen molar-refractivity contribution in [3.63, 3.8) is 0 Å². The van der Waals surface area contributed by atoms with Crippen LogP contribution in [0.2, 0.25) is 0 Å². The van der Waals surface area contributed by atoms with Crippen molar-refractivity contribution in [1.29, 1.82) is 0 Å². The van der Waals surface area contributed by atoms with Gasteiger partial charge in [0.1, 0.15) is 6.04 Å². The fourth-order valence-electron chi connectivity index (χ4n) is 3.96. The molecule has 3 aliphatic rings. The van der Waals surface area contributed by atoms with Gasteiger partial charge in [-0.1, -0.05) is 12.1 Å². The second-order valence-corrected chi connectivity index (χ2v) is 7.07. The third kappa shape index (κ3) is 2.71. The molecule has 136 valence electrons. The number of fused-ring (bicyclic) bond motifs is 1. The first kappa shape index (κ1) is 16.9. The van der Waals surface area contributed by atoms with Gasteiger partial charge in [-0.3, -0.25) is 34.3 Å². The van der Waals surface area contributed by atoms with Gasteiger partial charge in [-0.2, -0.15) is 0 Å². The van der Waals surface area contributed by atoms with E-state index in [1.807, 2.05) is 6.07 Å². The highest BCUT2D eigenvalue weighted by atomic mass is 16.2. The summed E-state index contributed by atoms with van der Waals surface area (Å²) >= 11 is 0. The van der Waals surface area contributed by atoms with Crippen molar-refractivity contribution in [2.75, 3.05) is 13.1 Å². The zero-order valence-corrected chi connectivity index (χ0v) is 14.2. The molecule has 4 amide bonds. The number of hydrogen-bond acceptors (Lipinski definition) is 6. The quantitative estimate of drug-likeness (QED) is 0.714. The Morgan fingerprint density at radius 2 is 1.92 bits per heavy atom. The van der Waals surface area contributed by atoms with Gasteiger partial charge >= 0.3 is 0 Å². The van der Waals surface area contributed by atoms with E-state index in [9.17, 15) is 19.2 Å². The molecule has 8 nitrogen and oxygen atoms in total. The van der Waals surface area contributed by atoms with Gasteiger partial charge in [0.15, 0.2) is 0 Å². The highest BCUT2D eigenvalue weighted by Gasteiger charge is 2.45. The Morgan fingerprint density at radius 3 is 2.62 bits per heavy atom. The number of nitrogens with two attached hydrogens (primary N) is 1. The maximum Gasteiger partial charge on any atom is 0.262 e. The molecule has 0 bridgehead atoms. The van der Waals surface area contributed by atoms with Crippen LogP contribution in [0.15, 0.2) is 18.2 Å². The molecule has 8 heteroatoms. The number of carbonyl (C=O) groups is 4. The second-order valence-electron chi connectivity index (χ2n) is 7.07. The first-order valence-electron chi connectivity index (χ1n) is 8.77. The topological polar surface area (TPSA) is 113 Å². The molecule has 2 fully saturated rings. The van der Waals surface area contributed by atoms with Crippen LogP contribution in [0, 0.1) is 0 Å². The van der Waals surface area contributed by atoms with Crippen LogP contribution in [0.25, 0.3) is 0 Å². The molecule has 1 aromatic rings. The summed E-state index contributed by atoms with van der Waals surface area (Å²) < 4.78 is 0. The molecule has 2 atom stereocenters. The zero-order chi connectivity index (χ0) is 18.4. The Bertz CT molecular complexity index is 821. The summed E-state index contributed by atoms with van der Waals surface area (Å²) in [6.45, 7) is 2.14. The molecule has 0 aliphatic carbocycles. The molecule has 26 heavy (non-hydrogen) atoms. The minimum absolute atomic E-state index is 0.113. The summed E-state index contributed by atoms with van der Waals surface area (Å²) in [7, 11) is 0. The van der Waals surface area contributed by atoms with E-state index in [4.69, 9.17) is 5.73 Å². The van der Waals surface area contributed by atoms with E-state index in [1.54, 1.807) is 12.1 Å². The first-order valence-corrected chi connectivity index (χ1v) is 8.77. The number of likely N-dealkylation sites (tertiary alicyclic amines) is 1. The highest BCUT2D eigenvalue weighted by molar-refractivity contribution is 6.24. The van der Waals surface area contributed by atoms with Crippen molar-refractivity contribution in [1.82, 2.24) is 15.1 Å². The highest BCUT2D eigenvalue weighted by Crippen LogP contribution is 2.30. The maximum atomic E-state index is 13.0. The van der Waals surface area contributed by atoms with Crippen molar-refractivity contribution < 1.29 is 19.2 Å². The molecule has 0 saturated carbocycles. The normalized spacial score (nSPS) is 26.4. The molecule has 3 heterocycles. The average Bonchev–Trinajstić information content (AvgIpc) is 3.11. The Morgan fingerprint density at radius 1 is 1.12 bits per heavy atom. The van der Waals surface area contributed by atoms with Gasteiger partial charge in [0.05, 0.1) is 11.1 Å². The fourth-order valence-corrected chi connectivity index (χ4v) is 3.96. The third-order valence-electron chi connectivity index (χ3n) is 5.26. The lowest BCUT2D eigenvalue weighted by molar-refractivity contribution is -0.136. The van der Waals surface area contributed by atoms with E-state index < -0.39 is 23.8 Å². The van der Waals surface area contributed by atoms with Crippen LogP contribution in [0.4, 0.5) is 0 Å². The molecule has 0 spiro atoms. The molecule has 1 aromatic carbocycles. The summed E-state index contributed by atoms with van der Waals surface area (Å²) in [6.07, 6.45) is 1.18. The van der Waals surface area contributed by atoms with E-state index >= 15 is 0 Å². The van der Waals surface area contributed by atoms with Gasteiger partial charge in [0.25, 0.3) is 11.8 Å². The number of benzene rings is 1. The van der Waals surface area contributed by atoms with Gasteiger partial charge < -0.3 is 5.73 Å². The summed E-state index contributed by atoms with van der Waals surface area (Å²) in [5.74, 6) is -1.91. The van der Waals surface area contributed by atoms with Crippen LogP contribution in [0.5, 0.6) is 0 Å². The molecule has 0 radical (unpaired) electrons. The summed E-state index contributed by atoms with van der Waals surface area (Å²) in [6, 6.07) is 4.39. The third-order valence-corrected chi connectivity index (χ3v) is 5.26. The minimum Gasteiger partial charge on any atom is -0.326 e. The van der Waals surface area contributed by atoms with Crippen molar-refractivity contribution in [2.24, 2.45) is 5.73 Å². The summed E-state index contributed by atoms with van der Waals surface area (Å²) in [4.78, 5) is 52.4. The first-order chi connectivity index (χ1) is 12.5. The van der Waals surface area contributed by atoms with E-state index in [2.05, 4.69) is 10.2 Å². The predicted molar refractivity (Wildman–Crippen MR) is 91.0 cm³/mol. The Labute approximate surface area is 150 Å². The van der Waals surface area contributed by atoms with Gasteiger partial charge in [0.2, 0.25) is 11.8 Å². The standard InChI is InChI=1S/C18H20N4O4/c19-11-6-7-21(9-11)8-10-2-1-3-12-15(10)18(26)22(17(12)25)13-4-5-14(23)20-16(13)24/h1-3,11,13H,4-9,19H2,(H,20,23,24)/t11-,13?/m1/s1. The predicted octanol–water partition coefficient (Wildman–Crippen LogP) is -0.379. The maximum absolute atomic E-state index is 13.0. The monoisotopic (exact) mass is 356 g/mol. The number of nitrogens with zero attached hydrogens (tertiary/aromatic N) is 2. The zero-order valence-electron chi connectivity index (χ0n) is 14.2. The molecule has 0 aromatic heterocycles. The van der Waals surface area contributed by atoms with Crippen LogP contribution in [0.3, 0.4) is 0 Å². The molecule has 1 unspecified atom stereocenters. The molecule has 4 rings (SSSR count). The fraction of sp³-hybridized carbons (Fsp3) is 0.444. The second kappa shape index (κ2) is 6.30. The Balaban J connectivity index is 1.63. The van der Waals surface area contributed by atoms with Gasteiger partial charge in [-0.05, 0) is 24.5 Å². The number of amides is 4. The van der Waals surface area contributed by atoms with Gasteiger partial charge in [-0.25, -0.2) is 0 Å². The molecular formula is C18H20N4O4. The molecular weight excluding hydrogens is 336 g/mol. The average molecular weight is 356 g/mol. The van der Waals surface area contributed by atoms with Crippen LogP contribution < -0.4 is 11.1 Å². The van der Waals surface area contributed by atoms with Gasteiger partial charge in [-0.15, -0.1) is 0 Å². The summed E-state index contributed by atoms with van der Waals surface area (Å²) in [5, 5.41) is 2.21. The van der Waals surface area contributed by atoms with Crippen LogP contribution in [0.1, 0.15) is 45.5 Å². The smallest absolute Gasteiger partial charge is 0.262 e. The Hall–Kier alpha value is -2.58. The lowest BCUT2D eigenvalue weighted by Crippen LogP contribution is -2.54. The van der Waals surface area contributed by atoms with E-state index in [0.717, 1.165) is 30.0 Å². The molecule has 3 N–H and O–H groups in total. The van der Waals surface area contributed by atoms with E-state index in [-0.39, 0.29) is 24.8 Å². The molecule has 3 aliphatic heterocycles. The number of carbonyl (C=O) groups excluding carboxylic acids is 4. The number of hydrogen-bond donors (Lipinski definition) is 2. The Kier molecular flexibility index (Phi) is 4.08. The lowest BCUT2D eigenvalue weighted by atomic mass is 10.0. The number of imide groups is 2. The van der Waals surface area contributed by atoms with Gasteiger partial charge in [0, 0.05) is 32.1 Å².